The molecule has 1 atom stereocenters. The molecule has 0 saturated carbocycles. The van der Waals surface area contributed by atoms with Gasteiger partial charge in [0.25, 0.3) is 0 Å². The van der Waals surface area contributed by atoms with E-state index in [0.29, 0.717) is 19.5 Å². The number of carbonyl (C=O) groups excluding carboxylic acids is 2. The van der Waals surface area contributed by atoms with Crippen LogP contribution in [0.5, 0.6) is 0 Å². The molecule has 2 N–H and O–H groups in total. The van der Waals surface area contributed by atoms with Crippen LogP contribution >= 0.6 is 0 Å². The van der Waals surface area contributed by atoms with Gasteiger partial charge in [-0.25, -0.2) is 0 Å². The average Bonchev–Trinajstić information content (AvgIpc) is 2.34. The van der Waals surface area contributed by atoms with Crippen molar-refractivity contribution < 1.29 is 9.59 Å². The average molecular weight is 240 g/mol. The van der Waals surface area contributed by atoms with E-state index in [1.54, 1.807) is 6.92 Å². The second kappa shape index (κ2) is 7.43. The lowest BCUT2D eigenvalue weighted by Gasteiger charge is -2.31. The highest BCUT2D eigenvalue weighted by Crippen LogP contribution is 2.18. The Morgan fingerprint density at radius 1 is 1.29 bits per heavy atom. The molecule has 4 heteroatoms. The molecular weight excluding hydrogens is 216 g/mol. The van der Waals surface area contributed by atoms with Crippen molar-refractivity contribution in [1.29, 1.82) is 0 Å². The van der Waals surface area contributed by atoms with Crippen molar-refractivity contribution in [2.75, 3.05) is 19.6 Å². The fourth-order valence-corrected chi connectivity index (χ4v) is 2.29. The van der Waals surface area contributed by atoms with Gasteiger partial charge in [0.1, 0.15) is 5.78 Å². The van der Waals surface area contributed by atoms with E-state index in [-0.39, 0.29) is 17.6 Å². The van der Waals surface area contributed by atoms with Crippen LogP contribution in [-0.4, -0.2) is 36.2 Å². The number of rotatable bonds is 6. The molecule has 1 aliphatic rings. The second-order valence-electron chi connectivity index (χ2n) is 4.89. The number of carbonyl (C=O) groups is 2. The van der Waals surface area contributed by atoms with Gasteiger partial charge in [0.2, 0.25) is 5.91 Å². The number of hydrogen-bond donors (Lipinski definition) is 1. The first-order valence-corrected chi connectivity index (χ1v) is 6.63. The van der Waals surface area contributed by atoms with Crippen LogP contribution in [-0.2, 0) is 9.59 Å². The largest absolute Gasteiger partial charge is 0.342 e. The monoisotopic (exact) mass is 240 g/mol. The van der Waals surface area contributed by atoms with Gasteiger partial charge in [0.05, 0.1) is 0 Å². The zero-order valence-corrected chi connectivity index (χ0v) is 10.8. The van der Waals surface area contributed by atoms with Crippen molar-refractivity contribution in [1.82, 2.24) is 4.90 Å². The smallest absolute Gasteiger partial charge is 0.222 e. The summed E-state index contributed by atoms with van der Waals surface area (Å²) in [5.41, 5.74) is 5.41. The number of nitrogens with two attached hydrogens (primary N) is 1. The number of ketones is 1. The SMILES string of the molecule is CC(=O)C1CCCN(C(=O)CCCCCN)C1. The van der Waals surface area contributed by atoms with Gasteiger partial charge in [0.15, 0.2) is 0 Å². The molecular formula is C13H24N2O2. The minimum atomic E-state index is 0.0664. The number of piperidine rings is 1. The van der Waals surface area contributed by atoms with Gasteiger partial charge >= 0.3 is 0 Å². The fraction of sp³-hybridized carbons (Fsp3) is 0.846. The molecule has 1 heterocycles. The highest BCUT2D eigenvalue weighted by Gasteiger charge is 2.25. The van der Waals surface area contributed by atoms with Crippen LogP contribution < -0.4 is 5.73 Å². The first-order valence-electron chi connectivity index (χ1n) is 6.63. The van der Waals surface area contributed by atoms with Crippen LogP contribution in [0.25, 0.3) is 0 Å². The summed E-state index contributed by atoms with van der Waals surface area (Å²) in [5.74, 6) is 0.482. The third-order valence-electron chi connectivity index (χ3n) is 3.44. The van der Waals surface area contributed by atoms with Crippen LogP contribution in [0.1, 0.15) is 45.4 Å². The lowest BCUT2D eigenvalue weighted by Crippen LogP contribution is -2.41. The van der Waals surface area contributed by atoms with Gasteiger partial charge in [-0.3, -0.25) is 9.59 Å². The van der Waals surface area contributed by atoms with Crippen LogP contribution in [0.4, 0.5) is 0 Å². The summed E-state index contributed by atoms with van der Waals surface area (Å²) in [6, 6.07) is 0. The van der Waals surface area contributed by atoms with Crippen molar-refractivity contribution >= 4 is 11.7 Å². The molecule has 0 bridgehead atoms. The van der Waals surface area contributed by atoms with Crippen LogP contribution in [0, 0.1) is 5.92 Å². The normalized spacial score (nSPS) is 20.4. The van der Waals surface area contributed by atoms with E-state index in [9.17, 15) is 9.59 Å². The zero-order valence-electron chi connectivity index (χ0n) is 10.8. The van der Waals surface area contributed by atoms with Crippen molar-refractivity contribution in [3.8, 4) is 0 Å². The molecule has 1 amide bonds. The molecule has 1 saturated heterocycles. The van der Waals surface area contributed by atoms with Gasteiger partial charge in [-0.15, -0.1) is 0 Å². The molecule has 0 aromatic rings. The Morgan fingerprint density at radius 3 is 2.71 bits per heavy atom. The summed E-state index contributed by atoms with van der Waals surface area (Å²) in [7, 11) is 0. The summed E-state index contributed by atoms with van der Waals surface area (Å²) < 4.78 is 0. The third-order valence-corrected chi connectivity index (χ3v) is 3.44. The maximum absolute atomic E-state index is 11.9. The molecule has 1 fully saturated rings. The van der Waals surface area contributed by atoms with E-state index in [2.05, 4.69) is 0 Å². The highest BCUT2D eigenvalue weighted by molar-refractivity contribution is 5.81. The van der Waals surface area contributed by atoms with Gasteiger partial charge < -0.3 is 10.6 Å². The predicted molar refractivity (Wildman–Crippen MR) is 67.5 cm³/mol. The predicted octanol–water partition coefficient (Wildman–Crippen LogP) is 1.33. The molecule has 0 aliphatic carbocycles. The standard InChI is InChI=1S/C13H24N2O2/c1-11(16)12-6-5-9-15(10-12)13(17)7-3-2-4-8-14/h12H,2-10,14H2,1H3. The molecule has 0 spiro atoms. The molecule has 1 rings (SSSR count). The number of Topliss-reactive ketones (excluding diaryl/α,β-unsaturated/α-hetero) is 1. The summed E-state index contributed by atoms with van der Waals surface area (Å²) >= 11 is 0. The topological polar surface area (TPSA) is 63.4 Å². The quantitative estimate of drug-likeness (QED) is 0.712. The van der Waals surface area contributed by atoms with E-state index >= 15 is 0 Å². The Balaban J connectivity index is 2.28. The van der Waals surface area contributed by atoms with E-state index in [4.69, 9.17) is 5.73 Å². The minimum absolute atomic E-state index is 0.0664. The van der Waals surface area contributed by atoms with Crippen molar-refractivity contribution in [2.24, 2.45) is 11.7 Å². The number of likely N-dealkylation sites (tertiary alicyclic amines) is 1. The molecule has 0 radical (unpaired) electrons. The summed E-state index contributed by atoms with van der Waals surface area (Å²) in [4.78, 5) is 25.1. The van der Waals surface area contributed by atoms with Crippen molar-refractivity contribution in [2.45, 2.75) is 45.4 Å². The van der Waals surface area contributed by atoms with Gasteiger partial charge in [0, 0.05) is 25.4 Å². The van der Waals surface area contributed by atoms with Crippen LogP contribution in [0.15, 0.2) is 0 Å². The Bertz CT molecular complexity index is 266. The van der Waals surface area contributed by atoms with E-state index in [0.717, 1.165) is 38.6 Å². The number of nitrogens with zero attached hydrogens (tertiary/aromatic N) is 1. The Hall–Kier alpha value is -0.900. The molecule has 4 nitrogen and oxygen atoms in total. The Kier molecular flexibility index (Phi) is 6.19. The van der Waals surface area contributed by atoms with Gasteiger partial charge in [-0.05, 0) is 39.2 Å². The summed E-state index contributed by atoms with van der Waals surface area (Å²) in [5, 5.41) is 0. The lowest BCUT2D eigenvalue weighted by molar-refractivity contribution is -0.134. The maximum atomic E-state index is 11.9. The molecule has 98 valence electrons. The second-order valence-corrected chi connectivity index (χ2v) is 4.89. The third kappa shape index (κ3) is 4.86. The Labute approximate surface area is 104 Å². The van der Waals surface area contributed by atoms with Crippen LogP contribution in [0.3, 0.4) is 0 Å². The number of unbranched alkanes of at least 4 members (excludes halogenated alkanes) is 2. The lowest BCUT2D eigenvalue weighted by atomic mass is 9.94. The maximum Gasteiger partial charge on any atom is 0.222 e. The minimum Gasteiger partial charge on any atom is -0.342 e. The first kappa shape index (κ1) is 14.2. The van der Waals surface area contributed by atoms with E-state index in [1.807, 2.05) is 4.90 Å². The van der Waals surface area contributed by atoms with Crippen molar-refractivity contribution in [3.05, 3.63) is 0 Å². The summed E-state index contributed by atoms with van der Waals surface area (Å²) in [6.45, 7) is 3.77. The molecule has 0 aromatic carbocycles. The zero-order chi connectivity index (χ0) is 12.7. The molecule has 17 heavy (non-hydrogen) atoms. The molecule has 0 aromatic heterocycles. The van der Waals surface area contributed by atoms with E-state index < -0.39 is 0 Å². The Morgan fingerprint density at radius 2 is 2.06 bits per heavy atom. The molecule has 1 aliphatic heterocycles. The number of amides is 1. The highest BCUT2D eigenvalue weighted by atomic mass is 16.2. The van der Waals surface area contributed by atoms with Gasteiger partial charge in [-0.2, -0.15) is 0 Å². The van der Waals surface area contributed by atoms with Gasteiger partial charge in [-0.1, -0.05) is 6.42 Å². The summed E-state index contributed by atoms with van der Waals surface area (Å²) in [6.07, 6.45) is 5.42. The van der Waals surface area contributed by atoms with E-state index in [1.165, 1.54) is 0 Å². The molecule has 1 unspecified atom stereocenters. The van der Waals surface area contributed by atoms with Crippen molar-refractivity contribution in [3.63, 3.8) is 0 Å². The first-order chi connectivity index (χ1) is 8.15. The number of hydrogen-bond acceptors (Lipinski definition) is 3. The van der Waals surface area contributed by atoms with Crippen LogP contribution in [0.2, 0.25) is 0 Å². The fourth-order valence-electron chi connectivity index (χ4n) is 2.29.